The van der Waals surface area contributed by atoms with Gasteiger partial charge in [0.2, 0.25) is 10.0 Å². The normalized spacial score (nSPS) is 13.9. The van der Waals surface area contributed by atoms with Crippen molar-refractivity contribution >= 4 is 45.0 Å². The summed E-state index contributed by atoms with van der Waals surface area (Å²) < 4.78 is 32.3. The molecule has 8 nitrogen and oxygen atoms in total. The molecule has 0 spiro atoms. The summed E-state index contributed by atoms with van der Waals surface area (Å²) in [7, 11) is -3.85. The van der Waals surface area contributed by atoms with Gasteiger partial charge in [0.1, 0.15) is 4.90 Å². The predicted octanol–water partition coefficient (Wildman–Crippen LogP) is 2.19. The fourth-order valence-corrected chi connectivity index (χ4v) is 4.50. The number of nitrogens with one attached hydrogen (secondary N) is 3. The predicted molar refractivity (Wildman–Crippen MR) is 103 cm³/mol. The highest BCUT2D eigenvalue weighted by Crippen LogP contribution is 2.30. The first kappa shape index (κ1) is 20.7. The number of hydrogen-bond donors (Lipinski definition) is 3. The zero-order valence-electron chi connectivity index (χ0n) is 14.5. The monoisotopic (exact) mass is 445 g/mol. The van der Waals surface area contributed by atoms with Gasteiger partial charge in [-0.1, -0.05) is 23.2 Å². The summed E-state index contributed by atoms with van der Waals surface area (Å²) in [6, 6.07) is 5.36. The Balaban J connectivity index is 1.62. The maximum absolute atomic E-state index is 12.4. The molecule has 3 N–H and O–H groups in total. The van der Waals surface area contributed by atoms with Crippen molar-refractivity contribution in [3.05, 3.63) is 51.9 Å². The Hall–Kier alpha value is -2.07. The molecule has 0 aliphatic heterocycles. The Kier molecular flexibility index (Phi) is 6.29. The van der Waals surface area contributed by atoms with E-state index < -0.39 is 21.8 Å². The summed E-state index contributed by atoms with van der Waals surface area (Å²) in [5.41, 5.74) is -0.0281. The van der Waals surface area contributed by atoms with E-state index in [1.165, 1.54) is 18.4 Å². The summed E-state index contributed by atoms with van der Waals surface area (Å²) in [5.74, 6) is -0.842. The first-order valence-corrected chi connectivity index (χ1v) is 10.6. The number of sulfonamides is 1. The van der Waals surface area contributed by atoms with Crippen molar-refractivity contribution in [1.29, 1.82) is 0 Å². The number of halogens is 2. The number of carbonyl (C=O) groups excluding carboxylic acids is 2. The zero-order valence-corrected chi connectivity index (χ0v) is 16.8. The fraction of sp³-hybridized carbons (Fsp3) is 0.294. The van der Waals surface area contributed by atoms with Crippen molar-refractivity contribution in [2.75, 3.05) is 13.1 Å². The van der Waals surface area contributed by atoms with Crippen LogP contribution in [0.3, 0.4) is 0 Å². The van der Waals surface area contributed by atoms with Crippen LogP contribution in [-0.2, 0) is 10.0 Å². The lowest BCUT2D eigenvalue weighted by Crippen LogP contribution is -2.34. The summed E-state index contributed by atoms with van der Waals surface area (Å²) in [6.07, 6.45) is 2.91. The van der Waals surface area contributed by atoms with Gasteiger partial charge in [-0.2, -0.15) is 0 Å². The second-order valence-corrected chi connectivity index (χ2v) is 8.64. The van der Waals surface area contributed by atoms with Crippen LogP contribution >= 0.6 is 23.2 Å². The highest BCUT2D eigenvalue weighted by molar-refractivity contribution is 7.89. The molecule has 2 amide bonds. The van der Waals surface area contributed by atoms with Crippen LogP contribution < -0.4 is 15.4 Å². The molecule has 0 unspecified atom stereocenters. The van der Waals surface area contributed by atoms with Gasteiger partial charge in [-0.25, -0.2) is 13.1 Å². The third-order valence-electron chi connectivity index (χ3n) is 3.90. The highest BCUT2D eigenvalue weighted by atomic mass is 35.5. The van der Waals surface area contributed by atoms with E-state index in [2.05, 4.69) is 15.4 Å². The number of furan rings is 1. The quantitative estimate of drug-likeness (QED) is 0.538. The molecule has 0 saturated heterocycles. The van der Waals surface area contributed by atoms with Crippen LogP contribution in [0.5, 0.6) is 0 Å². The molecular weight excluding hydrogens is 429 g/mol. The molecule has 1 fully saturated rings. The van der Waals surface area contributed by atoms with Gasteiger partial charge in [0, 0.05) is 19.1 Å². The Bertz CT molecular complexity index is 988. The molecule has 3 rings (SSSR count). The standard InChI is InChI=1S/C17H17Cl2N3O5S/c18-12-9-13(19)15(28(25,26)22-10-3-4-10)8-11(12)16(23)20-5-6-21-17(24)14-2-1-7-27-14/h1-2,7-10,22H,3-6H2,(H,20,23)(H,21,24). The lowest BCUT2D eigenvalue weighted by Gasteiger charge is -2.12. The van der Waals surface area contributed by atoms with Gasteiger partial charge in [-0.3, -0.25) is 9.59 Å². The van der Waals surface area contributed by atoms with Gasteiger partial charge in [-0.15, -0.1) is 0 Å². The summed E-state index contributed by atoms with van der Waals surface area (Å²) in [4.78, 5) is 23.9. The highest BCUT2D eigenvalue weighted by Gasteiger charge is 2.30. The molecule has 28 heavy (non-hydrogen) atoms. The molecule has 0 radical (unpaired) electrons. The van der Waals surface area contributed by atoms with Crippen LogP contribution in [0, 0.1) is 0 Å². The van der Waals surface area contributed by atoms with Crippen molar-refractivity contribution < 1.29 is 22.4 Å². The lowest BCUT2D eigenvalue weighted by molar-refractivity contribution is 0.0910. The Morgan fingerprint density at radius 2 is 1.75 bits per heavy atom. The first-order valence-electron chi connectivity index (χ1n) is 8.39. The third-order valence-corrected chi connectivity index (χ3v) is 6.19. The van der Waals surface area contributed by atoms with E-state index in [4.69, 9.17) is 27.6 Å². The minimum atomic E-state index is -3.85. The van der Waals surface area contributed by atoms with E-state index in [-0.39, 0.29) is 45.4 Å². The second kappa shape index (κ2) is 8.52. The minimum absolute atomic E-state index is 0.0208. The van der Waals surface area contributed by atoms with Crippen molar-refractivity contribution in [1.82, 2.24) is 15.4 Å². The SMILES string of the molecule is O=C(NCCNC(=O)c1cc(S(=O)(=O)NC2CC2)c(Cl)cc1Cl)c1ccco1. The number of amides is 2. The van der Waals surface area contributed by atoms with E-state index in [9.17, 15) is 18.0 Å². The molecule has 1 aromatic heterocycles. The van der Waals surface area contributed by atoms with E-state index in [0.29, 0.717) is 0 Å². The fourth-order valence-electron chi connectivity index (χ4n) is 2.34. The van der Waals surface area contributed by atoms with Gasteiger partial charge < -0.3 is 15.1 Å². The largest absolute Gasteiger partial charge is 0.459 e. The molecule has 1 heterocycles. The van der Waals surface area contributed by atoms with Gasteiger partial charge in [0.25, 0.3) is 11.8 Å². The van der Waals surface area contributed by atoms with Crippen LogP contribution in [0.15, 0.2) is 39.8 Å². The number of hydrogen-bond acceptors (Lipinski definition) is 5. The zero-order chi connectivity index (χ0) is 20.3. The van der Waals surface area contributed by atoms with E-state index in [1.807, 2.05) is 0 Å². The molecule has 11 heteroatoms. The van der Waals surface area contributed by atoms with Crippen molar-refractivity contribution in [2.45, 2.75) is 23.8 Å². The van der Waals surface area contributed by atoms with E-state index in [1.54, 1.807) is 6.07 Å². The molecule has 1 aliphatic rings. The van der Waals surface area contributed by atoms with Crippen molar-refractivity contribution in [2.24, 2.45) is 0 Å². The number of benzene rings is 1. The van der Waals surface area contributed by atoms with Gasteiger partial charge in [0.05, 0.1) is 21.9 Å². The van der Waals surface area contributed by atoms with Crippen LogP contribution in [0.25, 0.3) is 0 Å². The van der Waals surface area contributed by atoms with Crippen molar-refractivity contribution in [3.63, 3.8) is 0 Å². The first-order chi connectivity index (χ1) is 13.3. The molecule has 1 aliphatic carbocycles. The molecule has 2 aromatic rings. The van der Waals surface area contributed by atoms with E-state index in [0.717, 1.165) is 18.9 Å². The Morgan fingerprint density at radius 1 is 1.07 bits per heavy atom. The second-order valence-electron chi connectivity index (χ2n) is 6.15. The Labute approximate surface area is 171 Å². The van der Waals surface area contributed by atoms with Crippen LogP contribution in [-0.4, -0.2) is 39.4 Å². The Morgan fingerprint density at radius 3 is 2.36 bits per heavy atom. The molecule has 0 bridgehead atoms. The molecule has 150 valence electrons. The minimum Gasteiger partial charge on any atom is -0.459 e. The maximum Gasteiger partial charge on any atom is 0.287 e. The summed E-state index contributed by atoms with van der Waals surface area (Å²) >= 11 is 12.1. The average Bonchev–Trinajstić information content (AvgIpc) is 3.25. The molecule has 1 aromatic carbocycles. The lowest BCUT2D eigenvalue weighted by atomic mass is 10.2. The van der Waals surface area contributed by atoms with Gasteiger partial charge in [0.15, 0.2) is 5.76 Å². The maximum atomic E-state index is 12.4. The molecular formula is C17H17Cl2N3O5S. The molecule has 1 saturated carbocycles. The van der Waals surface area contributed by atoms with Gasteiger partial charge >= 0.3 is 0 Å². The number of carbonyl (C=O) groups is 2. The number of rotatable bonds is 8. The van der Waals surface area contributed by atoms with Gasteiger partial charge in [-0.05, 0) is 37.1 Å². The summed E-state index contributed by atoms with van der Waals surface area (Å²) in [6.45, 7) is 0.248. The van der Waals surface area contributed by atoms with E-state index >= 15 is 0 Å². The van der Waals surface area contributed by atoms with Crippen LogP contribution in [0.1, 0.15) is 33.8 Å². The van der Waals surface area contributed by atoms with Crippen LogP contribution in [0.4, 0.5) is 0 Å². The average molecular weight is 446 g/mol. The smallest absolute Gasteiger partial charge is 0.287 e. The molecule has 0 atom stereocenters. The van der Waals surface area contributed by atoms with Crippen LogP contribution in [0.2, 0.25) is 10.0 Å². The topological polar surface area (TPSA) is 118 Å². The van der Waals surface area contributed by atoms with Crippen molar-refractivity contribution in [3.8, 4) is 0 Å². The third kappa shape index (κ3) is 5.05. The summed E-state index contributed by atoms with van der Waals surface area (Å²) in [5, 5.41) is 5.09.